The normalized spacial score (nSPS) is 12.6. The Kier molecular flexibility index (Phi) is 3.70. The average molecular weight is 297 g/mol. The van der Waals surface area contributed by atoms with E-state index in [2.05, 4.69) is 38.1 Å². The number of ether oxygens (including phenoxy) is 1. The summed E-state index contributed by atoms with van der Waals surface area (Å²) in [5.41, 5.74) is 8.98. The van der Waals surface area contributed by atoms with Crippen molar-refractivity contribution in [3.05, 3.63) is 63.3 Å². The molecule has 1 atom stereocenters. The molecule has 2 N–H and O–H groups in total. The highest BCUT2D eigenvalue weighted by atomic mass is 32.1. The van der Waals surface area contributed by atoms with E-state index < -0.39 is 0 Å². The van der Waals surface area contributed by atoms with Gasteiger partial charge in [-0.15, -0.1) is 11.3 Å². The highest BCUT2D eigenvalue weighted by Gasteiger charge is 2.16. The molecule has 21 heavy (non-hydrogen) atoms. The molecule has 2 nitrogen and oxygen atoms in total. The number of rotatable bonds is 3. The first-order valence-corrected chi connectivity index (χ1v) is 7.81. The minimum Gasteiger partial charge on any atom is -0.496 e. The standard InChI is InChI=1S/C18H19NOS/c1-11-10-17(21-12(11)2)18(19)15-8-9-16(20-3)14-7-5-4-6-13(14)15/h4-10,18H,19H2,1-3H3. The molecule has 1 aromatic heterocycles. The van der Waals surface area contributed by atoms with Crippen LogP contribution in [0.2, 0.25) is 0 Å². The van der Waals surface area contributed by atoms with Gasteiger partial charge in [-0.05, 0) is 42.5 Å². The van der Waals surface area contributed by atoms with Crippen molar-refractivity contribution in [3.63, 3.8) is 0 Å². The van der Waals surface area contributed by atoms with Crippen LogP contribution >= 0.6 is 11.3 Å². The van der Waals surface area contributed by atoms with Gasteiger partial charge in [0.05, 0.1) is 13.2 Å². The molecular formula is C18H19NOS. The Bertz CT molecular complexity index is 772. The zero-order valence-electron chi connectivity index (χ0n) is 12.5. The summed E-state index contributed by atoms with van der Waals surface area (Å²) in [4.78, 5) is 2.54. The number of methoxy groups -OCH3 is 1. The number of benzene rings is 2. The van der Waals surface area contributed by atoms with Gasteiger partial charge in [0.15, 0.2) is 0 Å². The lowest BCUT2D eigenvalue weighted by Crippen LogP contribution is -2.10. The van der Waals surface area contributed by atoms with E-state index in [1.807, 2.05) is 18.2 Å². The monoisotopic (exact) mass is 297 g/mol. The Morgan fingerprint density at radius 2 is 1.76 bits per heavy atom. The number of hydrogen-bond acceptors (Lipinski definition) is 3. The van der Waals surface area contributed by atoms with Crippen LogP contribution < -0.4 is 10.5 Å². The van der Waals surface area contributed by atoms with Crippen molar-refractivity contribution >= 4 is 22.1 Å². The summed E-state index contributed by atoms with van der Waals surface area (Å²) in [5.74, 6) is 0.889. The first-order chi connectivity index (χ1) is 10.1. The molecule has 0 radical (unpaired) electrons. The largest absolute Gasteiger partial charge is 0.496 e. The maximum absolute atomic E-state index is 6.53. The Labute approximate surface area is 129 Å². The zero-order valence-corrected chi connectivity index (χ0v) is 13.3. The predicted octanol–water partition coefficient (Wildman–Crippen LogP) is 4.57. The van der Waals surface area contributed by atoms with Crippen molar-refractivity contribution in [2.24, 2.45) is 5.73 Å². The highest BCUT2D eigenvalue weighted by Crippen LogP contribution is 2.35. The van der Waals surface area contributed by atoms with Gasteiger partial charge in [0.2, 0.25) is 0 Å². The lowest BCUT2D eigenvalue weighted by molar-refractivity contribution is 0.419. The fraction of sp³-hybridized carbons (Fsp3) is 0.222. The quantitative estimate of drug-likeness (QED) is 0.768. The molecular weight excluding hydrogens is 278 g/mol. The molecule has 0 fully saturated rings. The van der Waals surface area contributed by atoms with Crippen LogP contribution in [0.5, 0.6) is 5.75 Å². The Balaban J connectivity index is 2.16. The Hall–Kier alpha value is -1.84. The molecule has 108 valence electrons. The van der Waals surface area contributed by atoms with Crippen LogP contribution in [-0.2, 0) is 0 Å². The predicted molar refractivity (Wildman–Crippen MR) is 90.3 cm³/mol. The average Bonchev–Trinajstić information content (AvgIpc) is 2.85. The smallest absolute Gasteiger partial charge is 0.126 e. The van der Waals surface area contributed by atoms with Crippen molar-refractivity contribution < 1.29 is 4.74 Å². The SMILES string of the molecule is COc1ccc(C(N)c2cc(C)c(C)s2)c2ccccc12. The Morgan fingerprint density at radius 3 is 2.38 bits per heavy atom. The molecule has 0 saturated carbocycles. The summed E-state index contributed by atoms with van der Waals surface area (Å²) >= 11 is 1.78. The van der Waals surface area contributed by atoms with E-state index in [0.717, 1.165) is 22.1 Å². The Morgan fingerprint density at radius 1 is 1.05 bits per heavy atom. The van der Waals surface area contributed by atoms with E-state index in [0.29, 0.717) is 0 Å². The topological polar surface area (TPSA) is 35.2 Å². The van der Waals surface area contributed by atoms with Crippen LogP contribution in [0.4, 0.5) is 0 Å². The fourth-order valence-corrected chi connectivity index (χ4v) is 3.72. The molecule has 2 aromatic carbocycles. The third-order valence-electron chi connectivity index (χ3n) is 3.96. The lowest BCUT2D eigenvalue weighted by Gasteiger charge is -2.15. The third-order valence-corrected chi connectivity index (χ3v) is 5.20. The molecule has 3 heteroatoms. The third kappa shape index (κ3) is 2.43. The van der Waals surface area contributed by atoms with Crippen LogP contribution in [0.25, 0.3) is 10.8 Å². The van der Waals surface area contributed by atoms with Crippen LogP contribution in [0.3, 0.4) is 0 Å². The van der Waals surface area contributed by atoms with Crippen LogP contribution in [0.15, 0.2) is 42.5 Å². The van der Waals surface area contributed by atoms with Crippen molar-refractivity contribution in [2.75, 3.05) is 7.11 Å². The van der Waals surface area contributed by atoms with E-state index in [1.54, 1.807) is 18.4 Å². The van der Waals surface area contributed by atoms with Crippen molar-refractivity contribution in [3.8, 4) is 5.75 Å². The molecule has 0 bridgehead atoms. The highest BCUT2D eigenvalue weighted by molar-refractivity contribution is 7.12. The van der Waals surface area contributed by atoms with Gasteiger partial charge in [-0.25, -0.2) is 0 Å². The molecule has 0 aliphatic carbocycles. The van der Waals surface area contributed by atoms with Gasteiger partial charge in [-0.2, -0.15) is 0 Å². The second kappa shape index (κ2) is 5.51. The first-order valence-electron chi connectivity index (χ1n) is 7.00. The van der Waals surface area contributed by atoms with Gasteiger partial charge in [-0.1, -0.05) is 30.3 Å². The summed E-state index contributed by atoms with van der Waals surface area (Å²) in [6, 6.07) is 14.4. The number of aryl methyl sites for hydroxylation is 2. The van der Waals surface area contributed by atoms with Crippen LogP contribution in [0, 0.1) is 13.8 Å². The molecule has 0 spiro atoms. The van der Waals surface area contributed by atoms with E-state index in [9.17, 15) is 0 Å². The maximum atomic E-state index is 6.53. The number of thiophene rings is 1. The van der Waals surface area contributed by atoms with Crippen LogP contribution in [-0.4, -0.2) is 7.11 Å². The van der Waals surface area contributed by atoms with E-state index in [1.165, 1.54) is 15.3 Å². The molecule has 0 amide bonds. The summed E-state index contributed by atoms with van der Waals surface area (Å²) in [5, 5.41) is 2.27. The van der Waals surface area contributed by atoms with Gasteiger partial charge in [0.1, 0.15) is 5.75 Å². The lowest BCUT2D eigenvalue weighted by atomic mass is 9.97. The fourth-order valence-electron chi connectivity index (χ4n) is 2.65. The minimum atomic E-state index is -0.0989. The van der Waals surface area contributed by atoms with Crippen LogP contribution in [0.1, 0.15) is 26.9 Å². The number of fused-ring (bicyclic) bond motifs is 1. The molecule has 3 aromatic rings. The summed E-state index contributed by atoms with van der Waals surface area (Å²) in [7, 11) is 1.70. The van der Waals surface area contributed by atoms with Gasteiger partial charge >= 0.3 is 0 Å². The summed E-state index contributed by atoms with van der Waals surface area (Å²) in [6.07, 6.45) is 0. The maximum Gasteiger partial charge on any atom is 0.126 e. The molecule has 0 aliphatic rings. The second-order valence-corrected chi connectivity index (χ2v) is 6.56. The van der Waals surface area contributed by atoms with Crippen molar-refractivity contribution in [1.82, 2.24) is 0 Å². The summed E-state index contributed by atoms with van der Waals surface area (Å²) < 4.78 is 5.45. The molecule has 1 heterocycles. The van der Waals surface area contributed by atoms with E-state index >= 15 is 0 Å². The van der Waals surface area contributed by atoms with Gasteiger partial charge in [-0.3, -0.25) is 0 Å². The van der Waals surface area contributed by atoms with Gasteiger partial charge < -0.3 is 10.5 Å². The molecule has 0 aliphatic heterocycles. The molecule has 1 unspecified atom stereocenters. The van der Waals surface area contributed by atoms with Gasteiger partial charge in [0, 0.05) is 15.1 Å². The second-order valence-electron chi connectivity index (χ2n) is 5.27. The summed E-state index contributed by atoms with van der Waals surface area (Å²) in [6.45, 7) is 4.27. The number of hydrogen-bond donors (Lipinski definition) is 1. The molecule has 3 rings (SSSR count). The van der Waals surface area contributed by atoms with E-state index in [-0.39, 0.29) is 6.04 Å². The van der Waals surface area contributed by atoms with Crippen molar-refractivity contribution in [2.45, 2.75) is 19.9 Å². The number of nitrogens with two attached hydrogens (primary N) is 1. The zero-order chi connectivity index (χ0) is 15.0. The van der Waals surface area contributed by atoms with E-state index in [4.69, 9.17) is 10.5 Å². The minimum absolute atomic E-state index is 0.0989. The van der Waals surface area contributed by atoms with Gasteiger partial charge in [0.25, 0.3) is 0 Å². The first kappa shape index (κ1) is 14.1. The molecule has 0 saturated heterocycles. The van der Waals surface area contributed by atoms with Crippen molar-refractivity contribution in [1.29, 1.82) is 0 Å².